The molecule has 2 nitrogen and oxygen atoms in total. The minimum atomic E-state index is -0.687. The Morgan fingerprint density at radius 2 is 2.04 bits per heavy atom. The van der Waals surface area contributed by atoms with Gasteiger partial charge in [0.1, 0.15) is 0 Å². The normalized spacial score (nSPS) is 29.2. The average molecular weight is 335 g/mol. The molecule has 0 aliphatic heterocycles. The second-order valence-electron chi connectivity index (χ2n) is 6.99. The van der Waals surface area contributed by atoms with Gasteiger partial charge in [0.25, 0.3) is 0 Å². The second kappa shape index (κ2) is 10.1. The zero-order valence-electron chi connectivity index (χ0n) is 14.1. The van der Waals surface area contributed by atoms with Crippen molar-refractivity contribution >= 4 is 17.7 Å². The van der Waals surface area contributed by atoms with E-state index in [4.69, 9.17) is 11.5 Å². The van der Waals surface area contributed by atoms with Crippen molar-refractivity contribution in [2.45, 2.75) is 69.5 Å². The number of aliphatic carboxylic acids is 1. The molecule has 0 spiro atoms. The van der Waals surface area contributed by atoms with Crippen molar-refractivity contribution in [3.05, 3.63) is 12.2 Å². The topological polar surface area (TPSA) is 37.3 Å². The third-order valence-electron chi connectivity index (χ3n) is 5.37. The van der Waals surface area contributed by atoms with Crippen LogP contribution in [-0.4, -0.2) is 22.1 Å². The van der Waals surface area contributed by atoms with E-state index in [2.05, 4.69) is 29.8 Å². The molecule has 0 saturated heterocycles. The minimum absolute atomic E-state index is 0.286. The Labute approximate surface area is 145 Å². The molecule has 2 rings (SSSR count). The van der Waals surface area contributed by atoms with Crippen LogP contribution in [0.25, 0.3) is 0 Å². The maximum atomic E-state index is 10.5. The molecular weight excluding hydrogens is 304 g/mol. The van der Waals surface area contributed by atoms with Gasteiger partial charge in [-0.25, -0.2) is 0 Å². The van der Waals surface area contributed by atoms with Gasteiger partial charge in [-0.15, -0.1) is 12.3 Å². The highest BCUT2D eigenvalue weighted by Gasteiger charge is 2.46. The number of terminal acetylenes is 1. The van der Waals surface area contributed by atoms with Crippen LogP contribution in [0.3, 0.4) is 0 Å². The molecule has 0 radical (unpaired) electrons. The lowest BCUT2D eigenvalue weighted by atomic mass is 9.86. The molecule has 0 aromatic rings. The van der Waals surface area contributed by atoms with Crippen LogP contribution in [0.2, 0.25) is 0 Å². The quantitative estimate of drug-likeness (QED) is 0.323. The smallest absolute Gasteiger partial charge is 0.303 e. The van der Waals surface area contributed by atoms with Crippen molar-refractivity contribution in [1.29, 1.82) is 0 Å². The SMILES string of the molecule is C#CCCCCS[C@@H]1[C@@H]2CC[C@@H](C2)[C@@H]1CC=CCCCC(=O)O. The van der Waals surface area contributed by atoms with Crippen LogP contribution in [0.4, 0.5) is 0 Å². The number of hydrogen-bond donors (Lipinski definition) is 1. The Morgan fingerprint density at radius 3 is 2.83 bits per heavy atom. The molecule has 128 valence electrons. The van der Waals surface area contributed by atoms with Gasteiger partial charge in [-0.1, -0.05) is 12.2 Å². The average Bonchev–Trinajstić information content (AvgIpc) is 3.12. The van der Waals surface area contributed by atoms with E-state index in [0.29, 0.717) is 0 Å². The predicted octanol–water partition coefficient (Wildman–Crippen LogP) is 5.14. The van der Waals surface area contributed by atoms with Gasteiger partial charge in [-0.05, 0) is 74.9 Å². The molecule has 0 aromatic heterocycles. The van der Waals surface area contributed by atoms with E-state index in [9.17, 15) is 4.79 Å². The summed E-state index contributed by atoms with van der Waals surface area (Å²) in [7, 11) is 0. The zero-order valence-corrected chi connectivity index (χ0v) is 14.9. The van der Waals surface area contributed by atoms with Gasteiger partial charge >= 0.3 is 5.97 Å². The standard InChI is InChI=1S/C20H30O2S/c1-2-3-4-9-14-23-20-17-13-12-16(15-17)18(20)10-7-5-6-8-11-19(21)22/h1,5,7,16-18,20H,3-4,6,8-15H2,(H,21,22)/t16-,17+,18-,20+/m0/s1. The summed E-state index contributed by atoms with van der Waals surface area (Å²) in [6, 6.07) is 0. The lowest BCUT2D eigenvalue weighted by molar-refractivity contribution is -0.137. The molecule has 0 amide bonds. The van der Waals surface area contributed by atoms with Gasteiger partial charge in [-0.3, -0.25) is 4.79 Å². The van der Waals surface area contributed by atoms with E-state index in [1.54, 1.807) is 0 Å². The molecule has 2 aliphatic rings. The molecule has 1 N–H and O–H groups in total. The molecule has 2 bridgehead atoms. The van der Waals surface area contributed by atoms with Crippen molar-refractivity contribution in [2.75, 3.05) is 5.75 Å². The molecule has 3 heteroatoms. The molecular formula is C20H30O2S. The minimum Gasteiger partial charge on any atom is -0.481 e. The van der Waals surface area contributed by atoms with Crippen LogP contribution in [0.15, 0.2) is 12.2 Å². The lowest BCUT2D eigenvalue weighted by Gasteiger charge is -2.30. The van der Waals surface area contributed by atoms with E-state index in [1.807, 2.05) is 0 Å². The maximum Gasteiger partial charge on any atom is 0.303 e. The van der Waals surface area contributed by atoms with Crippen molar-refractivity contribution in [2.24, 2.45) is 17.8 Å². The van der Waals surface area contributed by atoms with Gasteiger partial charge in [-0.2, -0.15) is 11.8 Å². The van der Waals surface area contributed by atoms with Crippen molar-refractivity contribution < 1.29 is 9.90 Å². The van der Waals surface area contributed by atoms with Crippen LogP contribution < -0.4 is 0 Å². The van der Waals surface area contributed by atoms with Crippen LogP contribution in [0.5, 0.6) is 0 Å². The number of fused-ring (bicyclic) bond motifs is 2. The van der Waals surface area contributed by atoms with E-state index in [0.717, 1.165) is 42.3 Å². The van der Waals surface area contributed by atoms with Crippen LogP contribution >= 0.6 is 11.8 Å². The molecule has 2 aliphatic carbocycles. The summed E-state index contributed by atoms with van der Waals surface area (Å²) >= 11 is 2.20. The van der Waals surface area contributed by atoms with E-state index < -0.39 is 5.97 Å². The number of thioether (sulfide) groups is 1. The number of unbranched alkanes of at least 4 members (excludes halogenated alkanes) is 3. The molecule has 0 aromatic carbocycles. The van der Waals surface area contributed by atoms with Gasteiger partial charge in [0.2, 0.25) is 0 Å². The first kappa shape index (κ1) is 18.5. The van der Waals surface area contributed by atoms with Crippen molar-refractivity contribution in [3.8, 4) is 12.3 Å². The molecule has 0 heterocycles. The molecule has 4 atom stereocenters. The summed E-state index contributed by atoms with van der Waals surface area (Å²) in [5, 5.41) is 9.50. The molecule has 0 unspecified atom stereocenters. The third kappa shape index (κ3) is 5.92. The fourth-order valence-electron chi connectivity index (χ4n) is 4.23. The van der Waals surface area contributed by atoms with E-state index >= 15 is 0 Å². The van der Waals surface area contributed by atoms with Crippen molar-refractivity contribution in [3.63, 3.8) is 0 Å². The zero-order chi connectivity index (χ0) is 16.5. The highest BCUT2D eigenvalue weighted by molar-refractivity contribution is 7.99. The summed E-state index contributed by atoms with van der Waals surface area (Å²) in [4.78, 5) is 10.5. The molecule has 2 saturated carbocycles. The summed E-state index contributed by atoms with van der Waals surface area (Å²) in [5.74, 6) is 6.03. The summed E-state index contributed by atoms with van der Waals surface area (Å²) in [6.45, 7) is 0. The lowest BCUT2D eigenvalue weighted by Crippen LogP contribution is -2.24. The fourth-order valence-corrected chi connectivity index (χ4v) is 5.98. The first-order chi connectivity index (χ1) is 11.2. The van der Waals surface area contributed by atoms with E-state index in [1.165, 1.54) is 44.3 Å². The Kier molecular flexibility index (Phi) is 8.09. The van der Waals surface area contributed by atoms with Crippen LogP contribution in [0, 0.1) is 30.1 Å². The van der Waals surface area contributed by atoms with Crippen molar-refractivity contribution in [1.82, 2.24) is 0 Å². The summed E-state index contributed by atoms with van der Waals surface area (Å²) in [5.41, 5.74) is 0. The fraction of sp³-hybridized carbons (Fsp3) is 0.750. The Bertz CT molecular complexity index is 437. The highest BCUT2D eigenvalue weighted by Crippen LogP contribution is 2.54. The number of carboxylic acid groups (broad SMARTS) is 1. The van der Waals surface area contributed by atoms with Gasteiger partial charge in [0.15, 0.2) is 0 Å². The number of allylic oxidation sites excluding steroid dienone is 2. The van der Waals surface area contributed by atoms with Gasteiger partial charge < -0.3 is 5.11 Å². The molecule has 2 fully saturated rings. The first-order valence-electron chi connectivity index (χ1n) is 9.14. The van der Waals surface area contributed by atoms with E-state index in [-0.39, 0.29) is 6.42 Å². The molecule has 23 heavy (non-hydrogen) atoms. The van der Waals surface area contributed by atoms with Crippen LogP contribution in [0.1, 0.15) is 64.2 Å². The largest absolute Gasteiger partial charge is 0.481 e. The van der Waals surface area contributed by atoms with Gasteiger partial charge in [0.05, 0.1) is 0 Å². The predicted molar refractivity (Wildman–Crippen MR) is 98.5 cm³/mol. The Morgan fingerprint density at radius 1 is 1.22 bits per heavy atom. The summed E-state index contributed by atoms with van der Waals surface area (Å²) in [6.07, 6.45) is 20.6. The summed E-state index contributed by atoms with van der Waals surface area (Å²) < 4.78 is 0. The first-order valence-corrected chi connectivity index (χ1v) is 10.2. The monoisotopic (exact) mass is 334 g/mol. The van der Waals surface area contributed by atoms with Gasteiger partial charge in [0, 0.05) is 18.1 Å². The number of rotatable bonds is 11. The maximum absolute atomic E-state index is 10.5. The number of hydrogen-bond acceptors (Lipinski definition) is 2. The number of carboxylic acids is 1. The van der Waals surface area contributed by atoms with Crippen LogP contribution in [-0.2, 0) is 4.79 Å². The Hall–Kier alpha value is -0.880. The third-order valence-corrected chi connectivity index (χ3v) is 7.01. The highest BCUT2D eigenvalue weighted by atomic mass is 32.2. The Balaban J connectivity index is 1.69. The number of carbonyl (C=O) groups is 1. The second-order valence-corrected chi connectivity index (χ2v) is 8.27.